The molecule has 4 nitrogen and oxygen atoms in total. The summed E-state index contributed by atoms with van der Waals surface area (Å²) in [6.45, 7) is 13.9. The van der Waals surface area contributed by atoms with Gasteiger partial charge in [-0.25, -0.2) is 0 Å². The van der Waals surface area contributed by atoms with Crippen LogP contribution in [0.15, 0.2) is 36.4 Å². The van der Waals surface area contributed by atoms with Crippen molar-refractivity contribution in [2.45, 2.75) is 84.4 Å². The number of hydrogen-bond acceptors (Lipinski definition) is 4. The van der Waals surface area contributed by atoms with Gasteiger partial charge < -0.3 is 19.3 Å². The van der Waals surface area contributed by atoms with Crippen LogP contribution >= 0.6 is 0 Å². The van der Waals surface area contributed by atoms with E-state index in [1.54, 1.807) is 26.0 Å². The Balaban J connectivity index is 0.000000226. The van der Waals surface area contributed by atoms with E-state index in [0.29, 0.717) is 23.0 Å². The van der Waals surface area contributed by atoms with Crippen LogP contribution in [0.25, 0.3) is 0 Å². The molecule has 2 aromatic rings. The molecule has 0 aromatic heterocycles. The molecule has 2 aromatic carbocycles. The van der Waals surface area contributed by atoms with Crippen LogP contribution in [-0.2, 0) is 0 Å². The van der Waals surface area contributed by atoms with E-state index in [1.165, 1.54) is 12.1 Å². The fourth-order valence-electron chi connectivity index (χ4n) is 5.96. The van der Waals surface area contributed by atoms with Gasteiger partial charge in [-0.2, -0.15) is 0 Å². The number of nitrogens with zero attached hydrogens (tertiary/aromatic N) is 2. The lowest BCUT2D eigenvalue weighted by Crippen LogP contribution is -2.33. The van der Waals surface area contributed by atoms with Crippen LogP contribution in [0.2, 0.25) is 0 Å². The average Bonchev–Trinajstić information content (AvgIpc) is 2.91. The van der Waals surface area contributed by atoms with Gasteiger partial charge in [0.05, 0.1) is 0 Å². The lowest BCUT2D eigenvalue weighted by molar-refractivity contribution is -0.275. The summed E-state index contributed by atoms with van der Waals surface area (Å²) in [5, 5.41) is 0. The highest BCUT2D eigenvalue weighted by molar-refractivity contribution is 5.42. The van der Waals surface area contributed by atoms with E-state index in [4.69, 9.17) is 0 Å². The van der Waals surface area contributed by atoms with Crippen molar-refractivity contribution in [1.82, 2.24) is 9.80 Å². The molecule has 2 heterocycles. The van der Waals surface area contributed by atoms with E-state index in [0.717, 1.165) is 82.5 Å². The molecule has 0 N–H and O–H groups in total. The monoisotopic (exact) mass is 588 g/mol. The van der Waals surface area contributed by atoms with E-state index in [9.17, 15) is 26.3 Å². The van der Waals surface area contributed by atoms with Crippen LogP contribution in [0.5, 0.6) is 11.5 Å². The Bertz CT molecular complexity index is 1090. The van der Waals surface area contributed by atoms with E-state index in [1.807, 2.05) is 12.1 Å². The maximum Gasteiger partial charge on any atom is 0.573 e. The lowest BCUT2D eigenvalue weighted by Gasteiger charge is -2.32. The molecule has 41 heavy (non-hydrogen) atoms. The molecule has 2 saturated heterocycles. The van der Waals surface area contributed by atoms with Gasteiger partial charge in [0, 0.05) is 0 Å². The minimum absolute atomic E-state index is 0.0732. The smallest absolute Gasteiger partial charge is 0.406 e. The van der Waals surface area contributed by atoms with Crippen molar-refractivity contribution in [3.05, 3.63) is 58.7 Å². The van der Waals surface area contributed by atoms with Crippen LogP contribution in [0, 0.1) is 13.8 Å². The van der Waals surface area contributed by atoms with Crippen molar-refractivity contribution in [2.24, 2.45) is 0 Å². The van der Waals surface area contributed by atoms with Crippen LogP contribution < -0.4 is 9.47 Å². The largest absolute Gasteiger partial charge is 0.573 e. The molecule has 10 heteroatoms. The first-order valence-corrected chi connectivity index (χ1v) is 14.5. The van der Waals surface area contributed by atoms with Crippen LogP contribution in [0.4, 0.5) is 26.3 Å². The minimum atomic E-state index is -4.63. The molecule has 2 fully saturated rings. The predicted octanol–water partition coefficient (Wildman–Crippen LogP) is 8.58. The lowest BCUT2D eigenvalue weighted by atomic mass is 9.86. The van der Waals surface area contributed by atoms with Gasteiger partial charge in [-0.1, -0.05) is 38.1 Å². The first-order valence-electron chi connectivity index (χ1n) is 14.5. The highest BCUT2D eigenvalue weighted by atomic mass is 19.4. The average molecular weight is 589 g/mol. The van der Waals surface area contributed by atoms with Crippen LogP contribution in [-0.4, -0.2) is 61.8 Å². The molecule has 0 bridgehead atoms. The maximum absolute atomic E-state index is 12.4. The summed E-state index contributed by atoms with van der Waals surface area (Å²) in [6.07, 6.45) is -4.15. The highest BCUT2D eigenvalue weighted by Crippen LogP contribution is 2.37. The summed E-state index contributed by atoms with van der Waals surface area (Å²) in [4.78, 5) is 4.78. The molecule has 0 amide bonds. The van der Waals surface area contributed by atoms with Crippen molar-refractivity contribution >= 4 is 0 Å². The minimum Gasteiger partial charge on any atom is -0.406 e. The van der Waals surface area contributed by atoms with Crippen LogP contribution in [0.1, 0.15) is 80.0 Å². The Morgan fingerprint density at radius 1 is 0.659 bits per heavy atom. The number of alkyl halides is 6. The van der Waals surface area contributed by atoms with Gasteiger partial charge in [0.25, 0.3) is 0 Å². The molecule has 4 rings (SSSR count). The summed E-state index contributed by atoms with van der Waals surface area (Å²) in [5.41, 5.74) is 3.21. The predicted molar refractivity (Wildman–Crippen MR) is 149 cm³/mol. The zero-order chi connectivity index (χ0) is 30.2. The quantitative estimate of drug-likeness (QED) is 0.303. The third-order valence-electron chi connectivity index (χ3n) is 8.15. The molecule has 2 aliphatic rings. The molecule has 0 radical (unpaired) electrons. The Morgan fingerprint density at radius 3 is 1.39 bits per heavy atom. The molecule has 230 valence electrons. The number of benzene rings is 2. The SMILES string of the molecule is CCCN1CCC(c2cccc(OC(F)(F)F)c2C)CC1.CCN1CCC(c2cccc(OC(F)(F)F)c2C)CC1. The molecule has 0 spiro atoms. The normalized spacial score (nSPS) is 18.1. The first-order chi connectivity index (χ1) is 19.3. The Kier molecular flexibility index (Phi) is 11.8. The second-order valence-corrected chi connectivity index (χ2v) is 10.9. The van der Waals surface area contributed by atoms with Gasteiger partial charge in [-0.3, -0.25) is 0 Å². The number of halogens is 6. The molecule has 0 saturated carbocycles. The van der Waals surface area contributed by atoms with Crippen molar-refractivity contribution in [1.29, 1.82) is 0 Å². The van der Waals surface area contributed by atoms with E-state index in [2.05, 4.69) is 33.1 Å². The van der Waals surface area contributed by atoms with E-state index in [-0.39, 0.29) is 11.5 Å². The number of rotatable bonds is 7. The van der Waals surface area contributed by atoms with Gasteiger partial charge in [-0.05, 0) is 131 Å². The number of likely N-dealkylation sites (tertiary alicyclic amines) is 2. The summed E-state index contributed by atoms with van der Waals surface area (Å²) in [7, 11) is 0. The number of ether oxygens (including phenoxy) is 2. The number of hydrogen-bond donors (Lipinski definition) is 0. The zero-order valence-electron chi connectivity index (χ0n) is 24.4. The fourth-order valence-corrected chi connectivity index (χ4v) is 5.96. The van der Waals surface area contributed by atoms with Gasteiger partial charge in [0.1, 0.15) is 11.5 Å². The third-order valence-corrected chi connectivity index (χ3v) is 8.15. The summed E-state index contributed by atoms with van der Waals surface area (Å²) in [6, 6.07) is 9.92. The van der Waals surface area contributed by atoms with E-state index < -0.39 is 12.7 Å². The van der Waals surface area contributed by atoms with Gasteiger partial charge in [-0.15, -0.1) is 26.3 Å². The Hall–Kier alpha value is -2.46. The van der Waals surface area contributed by atoms with Gasteiger partial charge in [0.15, 0.2) is 0 Å². The highest BCUT2D eigenvalue weighted by Gasteiger charge is 2.33. The maximum atomic E-state index is 12.4. The van der Waals surface area contributed by atoms with Crippen molar-refractivity contribution in [2.75, 3.05) is 39.3 Å². The second kappa shape index (κ2) is 14.6. The van der Waals surface area contributed by atoms with Crippen molar-refractivity contribution in [3.63, 3.8) is 0 Å². The first kappa shape index (κ1) is 33.0. The van der Waals surface area contributed by atoms with Crippen molar-refractivity contribution < 1.29 is 35.8 Å². The Labute approximate surface area is 239 Å². The summed E-state index contributed by atoms with van der Waals surface area (Å²) in [5.74, 6) is 0.508. The van der Waals surface area contributed by atoms with Crippen molar-refractivity contribution in [3.8, 4) is 11.5 Å². The standard InChI is InChI=1S/C16H22F3NO.C15H20F3NO/c1-3-9-20-10-7-13(8-11-20)14-5-4-6-15(12(14)2)21-16(17,18)19;1-3-19-9-7-12(8-10-19)13-5-4-6-14(11(13)2)20-15(16,17)18/h4-6,13H,3,7-11H2,1-2H3;4-6,12H,3,7-10H2,1-2H3. The van der Waals surface area contributed by atoms with Crippen LogP contribution in [0.3, 0.4) is 0 Å². The summed E-state index contributed by atoms with van der Waals surface area (Å²) < 4.78 is 82.5. The van der Waals surface area contributed by atoms with Gasteiger partial charge in [0.2, 0.25) is 0 Å². The number of piperidine rings is 2. The van der Waals surface area contributed by atoms with E-state index >= 15 is 0 Å². The summed E-state index contributed by atoms with van der Waals surface area (Å²) >= 11 is 0. The molecule has 2 aliphatic heterocycles. The fraction of sp³-hybridized carbons (Fsp3) is 0.613. The second-order valence-electron chi connectivity index (χ2n) is 10.9. The molecular formula is C31H42F6N2O2. The Morgan fingerprint density at radius 2 is 1.05 bits per heavy atom. The third kappa shape index (κ3) is 10.1. The molecule has 0 atom stereocenters. The molecule has 0 aliphatic carbocycles. The van der Waals surface area contributed by atoms with Gasteiger partial charge >= 0.3 is 12.7 Å². The molecular weight excluding hydrogens is 546 g/mol. The zero-order valence-corrected chi connectivity index (χ0v) is 24.4. The topological polar surface area (TPSA) is 24.9 Å². The molecule has 0 unspecified atom stereocenters.